The summed E-state index contributed by atoms with van der Waals surface area (Å²) in [5, 5.41) is 23.6. The number of hydrogen-bond donors (Lipinski definition) is 3. The summed E-state index contributed by atoms with van der Waals surface area (Å²) in [5.74, 6) is 0.299. The summed E-state index contributed by atoms with van der Waals surface area (Å²) in [6, 6.07) is 14.0. The van der Waals surface area contributed by atoms with Gasteiger partial charge in [0.1, 0.15) is 0 Å². The average molecular weight is 293 g/mol. The first-order chi connectivity index (χ1) is 10.8. The zero-order valence-electron chi connectivity index (χ0n) is 12.3. The van der Waals surface area contributed by atoms with Crippen LogP contribution in [0.3, 0.4) is 0 Å². The van der Waals surface area contributed by atoms with Gasteiger partial charge in [-0.2, -0.15) is 0 Å². The van der Waals surface area contributed by atoms with Gasteiger partial charge in [-0.3, -0.25) is 0 Å². The summed E-state index contributed by atoms with van der Waals surface area (Å²) in [7, 11) is 0. The topological polar surface area (TPSA) is 52.5 Å². The molecule has 0 saturated heterocycles. The summed E-state index contributed by atoms with van der Waals surface area (Å²) in [6.45, 7) is 1.83. The highest BCUT2D eigenvalue weighted by Gasteiger charge is 2.31. The third-order valence-corrected chi connectivity index (χ3v) is 4.88. The lowest BCUT2D eigenvalue weighted by molar-refractivity contribution is 0.397. The summed E-state index contributed by atoms with van der Waals surface area (Å²) in [6.07, 6.45) is 1.79. The maximum Gasteiger partial charge on any atom is 0.161 e. The van der Waals surface area contributed by atoms with Gasteiger partial charge in [0.2, 0.25) is 0 Å². The molecule has 1 aliphatic carbocycles. The summed E-state index contributed by atoms with van der Waals surface area (Å²) >= 11 is 0. The van der Waals surface area contributed by atoms with Crippen molar-refractivity contribution >= 4 is 5.57 Å². The molecule has 1 aliphatic heterocycles. The van der Waals surface area contributed by atoms with Crippen LogP contribution in [0.2, 0.25) is 0 Å². The number of nitrogens with one attached hydrogen (secondary N) is 1. The standard InChI is InChI=1S/C19H19NO2/c21-18-7-6-13-16(19(18)22)10-15(12-4-2-1-3-5-12)14-8-9-20-11-17(13)14/h1-7,15,20-22H,8-11H2. The van der Waals surface area contributed by atoms with E-state index in [1.54, 1.807) is 6.07 Å². The molecule has 4 rings (SSSR count). The monoisotopic (exact) mass is 293 g/mol. The largest absolute Gasteiger partial charge is 0.504 e. The molecular formula is C19H19NO2. The summed E-state index contributed by atoms with van der Waals surface area (Å²) in [5.41, 5.74) is 6.01. The van der Waals surface area contributed by atoms with Crippen LogP contribution in [-0.4, -0.2) is 23.3 Å². The van der Waals surface area contributed by atoms with Gasteiger partial charge in [-0.15, -0.1) is 0 Å². The zero-order valence-corrected chi connectivity index (χ0v) is 12.3. The molecule has 112 valence electrons. The highest BCUT2D eigenvalue weighted by atomic mass is 16.3. The van der Waals surface area contributed by atoms with Crippen LogP contribution < -0.4 is 5.32 Å². The number of benzene rings is 2. The van der Waals surface area contributed by atoms with E-state index in [1.165, 1.54) is 16.7 Å². The first kappa shape index (κ1) is 13.4. The smallest absolute Gasteiger partial charge is 0.161 e. The van der Waals surface area contributed by atoms with Crippen molar-refractivity contribution in [3.8, 4) is 11.5 Å². The number of fused-ring (bicyclic) bond motifs is 2. The Morgan fingerprint density at radius 3 is 2.64 bits per heavy atom. The van der Waals surface area contributed by atoms with Crippen LogP contribution in [0, 0.1) is 0 Å². The molecule has 2 aromatic rings. The van der Waals surface area contributed by atoms with E-state index in [-0.39, 0.29) is 11.5 Å². The van der Waals surface area contributed by atoms with Gasteiger partial charge in [0.25, 0.3) is 0 Å². The average Bonchev–Trinajstić information content (AvgIpc) is 2.58. The molecule has 0 bridgehead atoms. The van der Waals surface area contributed by atoms with E-state index in [4.69, 9.17) is 0 Å². The lowest BCUT2D eigenvalue weighted by Crippen LogP contribution is -2.30. The van der Waals surface area contributed by atoms with Crippen molar-refractivity contribution in [2.24, 2.45) is 0 Å². The fourth-order valence-corrected chi connectivity index (χ4v) is 3.80. The molecule has 0 radical (unpaired) electrons. The minimum Gasteiger partial charge on any atom is -0.504 e. The quantitative estimate of drug-likeness (QED) is 0.708. The van der Waals surface area contributed by atoms with E-state index in [0.717, 1.165) is 37.1 Å². The molecule has 2 aliphatic rings. The SMILES string of the molecule is Oc1ccc2c(c1O)CC(c1ccccc1)C1=C2CNCC1. The van der Waals surface area contributed by atoms with Gasteiger partial charge in [-0.25, -0.2) is 0 Å². The summed E-state index contributed by atoms with van der Waals surface area (Å²) in [4.78, 5) is 0. The molecule has 3 heteroatoms. The van der Waals surface area contributed by atoms with Crippen molar-refractivity contribution in [3.63, 3.8) is 0 Å². The molecule has 0 fully saturated rings. The van der Waals surface area contributed by atoms with Crippen LogP contribution in [0.5, 0.6) is 11.5 Å². The fraction of sp³-hybridized carbons (Fsp3) is 0.263. The van der Waals surface area contributed by atoms with E-state index >= 15 is 0 Å². The van der Waals surface area contributed by atoms with Crippen molar-refractivity contribution in [1.82, 2.24) is 5.32 Å². The molecule has 2 aromatic carbocycles. The second-order valence-corrected chi connectivity index (χ2v) is 6.06. The second kappa shape index (κ2) is 5.18. The molecule has 3 nitrogen and oxygen atoms in total. The van der Waals surface area contributed by atoms with Crippen LogP contribution >= 0.6 is 0 Å². The number of rotatable bonds is 1. The lowest BCUT2D eigenvalue weighted by Gasteiger charge is -2.34. The molecule has 22 heavy (non-hydrogen) atoms. The minimum absolute atomic E-state index is 0.0293. The molecule has 0 spiro atoms. The Morgan fingerprint density at radius 1 is 1.00 bits per heavy atom. The Balaban J connectivity index is 1.91. The Morgan fingerprint density at radius 2 is 1.82 bits per heavy atom. The highest BCUT2D eigenvalue weighted by molar-refractivity contribution is 5.79. The predicted octanol–water partition coefficient (Wildman–Crippen LogP) is 3.18. The molecule has 0 aromatic heterocycles. The summed E-state index contributed by atoms with van der Waals surface area (Å²) < 4.78 is 0. The molecule has 1 unspecified atom stereocenters. The van der Waals surface area contributed by atoms with Crippen LogP contribution in [0.25, 0.3) is 5.57 Å². The van der Waals surface area contributed by atoms with E-state index in [9.17, 15) is 10.2 Å². The maximum absolute atomic E-state index is 10.3. The van der Waals surface area contributed by atoms with Crippen molar-refractivity contribution in [1.29, 1.82) is 0 Å². The van der Waals surface area contributed by atoms with Gasteiger partial charge < -0.3 is 15.5 Å². The van der Waals surface area contributed by atoms with Crippen molar-refractivity contribution in [3.05, 3.63) is 64.7 Å². The van der Waals surface area contributed by atoms with E-state index < -0.39 is 0 Å². The number of aromatic hydroxyl groups is 2. The Labute approximate surface area is 129 Å². The fourth-order valence-electron chi connectivity index (χ4n) is 3.80. The molecule has 1 atom stereocenters. The third-order valence-electron chi connectivity index (χ3n) is 4.88. The van der Waals surface area contributed by atoms with E-state index in [0.29, 0.717) is 5.92 Å². The number of hydrogen-bond acceptors (Lipinski definition) is 3. The molecule has 1 heterocycles. The molecular weight excluding hydrogens is 274 g/mol. The highest BCUT2D eigenvalue weighted by Crippen LogP contribution is 2.47. The molecule has 3 N–H and O–H groups in total. The van der Waals surface area contributed by atoms with Gasteiger partial charge >= 0.3 is 0 Å². The van der Waals surface area contributed by atoms with E-state index in [1.807, 2.05) is 12.1 Å². The maximum atomic E-state index is 10.3. The number of phenols is 2. The molecule has 0 saturated carbocycles. The minimum atomic E-state index is -0.0293. The third kappa shape index (κ3) is 2.01. The van der Waals surface area contributed by atoms with Crippen molar-refractivity contribution in [2.45, 2.75) is 18.8 Å². The zero-order chi connectivity index (χ0) is 15.1. The Kier molecular flexibility index (Phi) is 3.16. The van der Waals surface area contributed by atoms with Crippen molar-refractivity contribution < 1.29 is 10.2 Å². The van der Waals surface area contributed by atoms with Gasteiger partial charge in [0.15, 0.2) is 11.5 Å². The normalized spacial score (nSPS) is 20.5. The first-order valence-electron chi connectivity index (χ1n) is 7.77. The van der Waals surface area contributed by atoms with Crippen LogP contribution in [0.15, 0.2) is 48.0 Å². The van der Waals surface area contributed by atoms with Crippen LogP contribution in [-0.2, 0) is 6.42 Å². The lowest BCUT2D eigenvalue weighted by atomic mass is 9.73. The van der Waals surface area contributed by atoms with Gasteiger partial charge in [0.05, 0.1) is 0 Å². The second-order valence-electron chi connectivity index (χ2n) is 6.06. The van der Waals surface area contributed by atoms with Crippen molar-refractivity contribution in [2.75, 3.05) is 13.1 Å². The number of phenolic OH excluding ortho intramolecular Hbond substituents is 2. The van der Waals surface area contributed by atoms with E-state index in [2.05, 4.69) is 29.6 Å². The Hall–Kier alpha value is -2.26. The van der Waals surface area contributed by atoms with Gasteiger partial charge in [0, 0.05) is 18.0 Å². The van der Waals surface area contributed by atoms with Gasteiger partial charge in [-0.1, -0.05) is 42.0 Å². The Bertz CT molecular complexity index is 750. The van der Waals surface area contributed by atoms with Crippen LogP contribution in [0.1, 0.15) is 29.0 Å². The van der Waals surface area contributed by atoms with Crippen LogP contribution in [0.4, 0.5) is 0 Å². The van der Waals surface area contributed by atoms with Gasteiger partial charge in [-0.05, 0) is 42.2 Å². The first-order valence-corrected chi connectivity index (χ1v) is 7.77. The predicted molar refractivity (Wildman–Crippen MR) is 87.1 cm³/mol. The molecule has 0 amide bonds.